The zero-order chi connectivity index (χ0) is 9.59. The van der Waals surface area contributed by atoms with Gasteiger partial charge in [0.25, 0.3) is 0 Å². The van der Waals surface area contributed by atoms with Gasteiger partial charge in [0.2, 0.25) is 5.78 Å². The fourth-order valence-electron chi connectivity index (χ4n) is 1.16. The highest BCUT2D eigenvalue weighted by Crippen LogP contribution is 1.91. The molecule has 0 aromatic carbocycles. The first-order chi connectivity index (χ1) is 6.11. The lowest BCUT2D eigenvalue weighted by molar-refractivity contribution is 0.709. The molecule has 6 heteroatoms. The van der Waals surface area contributed by atoms with Crippen LogP contribution in [0.2, 0.25) is 0 Å². The molecule has 0 bridgehead atoms. The highest BCUT2D eigenvalue weighted by molar-refractivity contribution is 5.26. The van der Waals surface area contributed by atoms with Gasteiger partial charge in [-0.2, -0.15) is 4.98 Å². The standard InChI is InChI=1S/C7H8N4O2/c1-9-3-4-11-5(9)8-6(12)10(2)7(11)13/h3-4H,1-2H3. The minimum atomic E-state index is -0.535. The first-order valence-corrected chi connectivity index (χ1v) is 3.72. The van der Waals surface area contributed by atoms with Crippen molar-refractivity contribution in [1.82, 2.24) is 18.5 Å². The molecule has 0 N–H and O–H groups in total. The molecule has 2 heterocycles. The summed E-state index contributed by atoms with van der Waals surface area (Å²) in [7, 11) is 3.12. The lowest BCUT2D eigenvalue weighted by Crippen LogP contribution is -2.36. The molecule has 0 fully saturated rings. The monoisotopic (exact) mass is 180 g/mol. The minimum Gasteiger partial charge on any atom is -0.320 e. The van der Waals surface area contributed by atoms with Crippen molar-refractivity contribution in [2.24, 2.45) is 14.1 Å². The average molecular weight is 180 g/mol. The number of hydrogen-bond acceptors (Lipinski definition) is 3. The van der Waals surface area contributed by atoms with Gasteiger partial charge in [0, 0.05) is 26.5 Å². The lowest BCUT2D eigenvalue weighted by atomic mass is 10.8. The van der Waals surface area contributed by atoms with E-state index in [0.717, 1.165) is 4.57 Å². The molecule has 0 amide bonds. The quantitative estimate of drug-likeness (QED) is 0.508. The third-order valence-corrected chi connectivity index (χ3v) is 1.95. The van der Waals surface area contributed by atoms with E-state index in [1.54, 1.807) is 24.0 Å². The number of rotatable bonds is 0. The highest BCUT2D eigenvalue weighted by atomic mass is 16.2. The molecule has 0 unspecified atom stereocenters. The Balaban J connectivity index is 3.14. The van der Waals surface area contributed by atoms with Crippen molar-refractivity contribution >= 4 is 5.78 Å². The van der Waals surface area contributed by atoms with Gasteiger partial charge < -0.3 is 4.57 Å². The summed E-state index contributed by atoms with van der Waals surface area (Å²) in [5.41, 5.74) is -0.914. The Labute approximate surface area is 72.7 Å². The van der Waals surface area contributed by atoms with E-state index in [1.807, 2.05) is 0 Å². The summed E-state index contributed by atoms with van der Waals surface area (Å²) >= 11 is 0. The Bertz CT molecular complexity index is 574. The van der Waals surface area contributed by atoms with Gasteiger partial charge in [-0.3, -0.25) is 0 Å². The maximum absolute atomic E-state index is 11.4. The first kappa shape index (κ1) is 7.78. The van der Waals surface area contributed by atoms with Crippen molar-refractivity contribution in [3.63, 3.8) is 0 Å². The fraction of sp³-hybridized carbons (Fsp3) is 0.286. The van der Waals surface area contributed by atoms with E-state index in [1.165, 1.54) is 11.4 Å². The van der Waals surface area contributed by atoms with Crippen LogP contribution in [-0.2, 0) is 14.1 Å². The molecule has 68 valence electrons. The maximum Gasteiger partial charge on any atom is 0.354 e. The normalized spacial score (nSPS) is 10.9. The van der Waals surface area contributed by atoms with E-state index in [2.05, 4.69) is 4.98 Å². The van der Waals surface area contributed by atoms with Crippen molar-refractivity contribution in [2.75, 3.05) is 0 Å². The van der Waals surface area contributed by atoms with Crippen molar-refractivity contribution < 1.29 is 0 Å². The summed E-state index contributed by atoms with van der Waals surface area (Å²) < 4.78 is 3.90. The molecule has 0 radical (unpaired) electrons. The van der Waals surface area contributed by atoms with Crippen LogP contribution in [0.3, 0.4) is 0 Å². The molecular formula is C7H8N4O2. The van der Waals surface area contributed by atoms with Gasteiger partial charge in [0.05, 0.1) is 0 Å². The van der Waals surface area contributed by atoms with Crippen LogP contribution in [0.5, 0.6) is 0 Å². The Morgan fingerprint density at radius 1 is 1.23 bits per heavy atom. The van der Waals surface area contributed by atoms with Crippen LogP contribution in [0.1, 0.15) is 0 Å². The van der Waals surface area contributed by atoms with E-state index in [0.29, 0.717) is 5.78 Å². The SMILES string of the molecule is Cn1c(=O)nc2n(C)ccn2c1=O. The zero-order valence-corrected chi connectivity index (χ0v) is 7.26. The maximum atomic E-state index is 11.4. The van der Waals surface area contributed by atoms with Gasteiger partial charge in [-0.25, -0.2) is 18.6 Å². The number of imidazole rings is 1. The van der Waals surface area contributed by atoms with E-state index in [9.17, 15) is 9.59 Å². The Kier molecular flexibility index (Phi) is 1.39. The van der Waals surface area contributed by atoms with Gasteiger partial charge in [0.1, 0.15) is 0 Å². The van der Waals surface area contributed by atoms with E-state index in [4.69, 9.17) is 0 Å². The third kappa shape index (κ3) is 0.915. The Hall–Kier alpha value is -1.85. The Morgan fingerprint density at radius 2 is 1.92 bits per heavy atom. The summed E-state index contributed by atoms with van der Waals surface area (Å²) in [6, 6.07) is 0. The van der Waals surface area contributed by atoms with Gasteiger partial charge in [-0.1, -0.05) is 0 Å². The molecule has 2 aromatic rings. The second-order valence-electron chi connectivity index (χ2n) is 2.82. The largest absolute Gasteiger partial charge is 0.354 e. The van der Waals surface area contributed by atoms with Gasteiger partial charge in [-0.15, -0.1) is 0 Å². The van der Waals surface area contributed by atoms with E-state index in [-0.39, 0.29) is 5.69 Å². The molecule has 0 aliphatic heterocycles. The third-order valence-electron chi connectivity index (χ3n) is 1.95. The molecule has 0 aliphatic carbocycles. The summed E-state index contributed by atoms with van der Waals surface area (Å²) in [5, 5.41) is 0. The molecular weight excluding hydrogens is 172 g/mol. The molecule has 0 aliphatic rings. The van der Waals surface area contributed by atoms with Crippen LogP contribution in [0.15, 0.2) is 22.0 Å². The summed E-state index contributed by atoms with van der Waals surface area (Å²) in [4.78, 5) is 26.3. The number of hydrogen-bond donors (Lipinski definition) is 0. The second-order valence-corrected chi connectivity index (χ2v) is 2.82. The van der Waals surface area contributed by atoms with E-state index < -0.39 is 5.69 Å². The van der Waals surface area contributed by atoms with Gasteiger partial charge in [0.15, 0.2) is 0 Å². The number of fused-ring (bicyclic) bond motifs is 1. The van der Waals surface area contributed by atoms with Crippen molar-refractivity contribution in [1.29, 1.82) is 0 Å². The van der Waals surface area contributed by atoms with Crippen LogP contribution in [-0.4, -0.2) is 18.5 Å². The second kappa shape index (κ2) is 2.32. The van der Waals surface area contributed by atoms with Crippen LogP contribution in [0.25, 0.3) is 5.78 Å². The van der Waals surface area contributed by atoms with Crippen LogP contribution in [0.4, 0.5) is 0 Å². The highest BCUT2D eigenvalue weighted by Gasteiger charge is 2.05. The predicted molar refractivity (Wildman–Crippen MR) is 45.7 cm³/mol. The Morgan fingerprint density at radius 3 is 2.62 bits per heavy atom. The molecule has 13 heavy (non-hydrogen) atoms. The van der Waals surface area contributed by atoms with Crippen molar-refractivity contribution in [3.05, 3.63) is 33.4 Å². The van der Waals surface area contributed by atoms with Crippen molar-refractivity contribution in [3.8, 4) is 0 Å². The molecule has 0 spiro atoms. The fourth-order valence-corrected chi connectivity index (χ4v) is 1.16. The average Bonchev–Trinajstić information content (AvgIpc) is 2.45. The molecule has 2 aromatic heterocycles. The smallest absolute Gasteiger partial charge is 0.320 e. The topological polar surface area (TPSA) is 61.3 Å². The van der Waals surface area contributed by atoms with Gasteiger partial charge >= 0.3 is 11.4 Å². The molecule has 6 nitrogen and oxygen atoms in total. The predicted octanol–water partition coefficient (Wildman–Crippen LogP) is -1.27. The van der Waals surface area contributed by atoms with Crippen molar-refractivity contribution in [2.45, 2.75) is 0 Å². The summed E-state index contributed by atoms with van der Waals surface area (Å²) in [5.74, 6) is 0.355. The van der Waals surface area contributed by atoms with Gasteiger partial charge in [-0.05, 0) is 0 Å². The van der Waals surface area contributed by atoms with Crippen LogP contribution < -0.4 is 11.4 Å². The molecule has 2 rings (SSSR count). The van der Waals surface area contributed by atoms with E-state index >= 15 is 0 Å². The molecule has 0 atom stereocenters. The minimum absolute atomic E-state index is 0.355. The number of nitrogens with zero attached hydrogens (tertiary/aromatic N) is 4. The first-order valence-electron chi connectivity index (χ1n) is 3.72. The lowest BCUT2D eigenvalue weighted by Gasteiger charge is -1.97. The number of aryl methyl sites for hydroxylation is 1. The summed E-state index contributed by atoms with van der Waals surface area (Å²) in [6.45, 7) is 0. The van der Waals surface area contributed by atoms with Crippen LogP contribution >= 0.6 is 0 Å². The summed E-state index contributed by atoms with van der Waals surface area (Å²) in [6.07, 6.45) is 3.24. The molecule has 0 saturated heterocycles. The zero-order valence-electron chi connectivity index (χ0n) is 7.26. The van der Waals surface area contributed by atoms with Crippen LogP contribution in [0, 0.1) is 0 Å². The number of aromatic nitrogens is 4. The molecule has 0 saturated carbocycles.